The number of rotatable bonds is 4. The second-order valence-corrected chi connectivity index (χ2v) is 22.9. The van der Waals surface area contributed by atoms with Gasteiger partial charge in [-0.15, -0.1) is 0 Å². The Bertz CT molecular complexity index is 3590. The molecule has 7 aliphatic rings. The number of allylic oxidation sites excluding steroid dienone is 4. The normalized spacial score (nSPS) is 16.4. The van der Waals surface area contributed by atoms with E-state index in [1.807, 2.05) is 12.1 Å². The summed E-state index contributed by atoms with van der Waals surface area (Å²) in [5.41, 5.74) is 25.3. The molecule has 16 bridgehead atoms. The molecule has 7 aliphatic heterocycles. The topological polar surface area (TPSA) is 174 Å². The molecule has 90 heavy (non-hydrogen) atoms. The summed E-state index contributed by atoms with van der Waals surface area (Å²) in [4.78, 5) is 19.7. The fourth-order valence-electron chi connectivity index (χ4n) is 12.7. The SMILES string of the molecule is CCC1=C(C)c2nc1cc1[nH]c(c(C)c1CC)c1c3nc(cc4[nH]c(c(C)c4CC)c2-c2ccccc2NCc2cc4cc(c2)OCCOCCOCCOCCOc2cc(cc(c2)OCCOCCOCCOCCO4)CNc2ccccc2-1)C(CC)=C3C. The monoisotopic (exact) mass is 1220 g/mol. The van der Waals surface area contributed by atoms with E-state index in [1.165, 1.54) is 33.4 Å². The zero-order valence-electron chi connectivity index (χ0n) is 53.8. The number of nitrogens with one attached hydrogen (secondary N) is 4. The summed E-state index contributed by atoms with van der Waals surface area (Å²) in [5, 5.41) is 7.78. The minimum atomic E-state index is 0.335. The van der Waals surface area contributed by atoms with Crippen molar-refractivity contribution in [3.63, 3.8) is 0 Å². The van der Waals surface area contributed by atoms with Crippen LogP contribution in [-0.2, 0) is 54.4 Å². The molecule has 16 heteroatoms. The third kappa shape index (κ3) is 14.8. The number of aromatic nitrogens is 4. The molecule has 0 unspecified atom stereocenters. The van der Waals surface area contributed by atoms with Crippen LogP contribution in [0.4, 0.5) is 11.4 Å². The average Bonchev–Trinajstić information content (AvgIpc) is 1.77. The van der Waals surface area contributed by atoms with Crippen molar-refractivity contribution in [3.8, 4) is 45.3 Å². The summed E-state index contributed by atoms with van der Waals surface area (Å²) < 4.78 is 61.0. The molecule has 0 aliphatic carbocycles. The van der Waals surface area contributed by atoms with Gasteiger partial charge >= 0.3 is 0 Å². The maximum Gasteiger partial charge on any atom is 0.123 e. The first-order chi connectivity index (χ1) is 44.1. The smallest absolute Gasteiger partial charge is 0.123 e. The molecule has 4 N–H and O–H groups in total. The fourth-order valence-corrected chi connectivity index (χ4v) is 12.7. The summed E-state index contributed by atoms with van der Waals surface area (Å²) in [6.07, 6.45) is 3.19. The molecule has 0 fully saturated rings. The quantitative estimate of drug-likeness (QED) is 0.131. The third-order valence-electron chi connectivity index (χ3n) is 17.2. The van der Waals surface area contributed by atoms with Crippen LogP contribution in [0.1, 0.15) is 111 Å². The Balaban J connectivity index is 1.13. The molecule has 474 valence electrons. The lowest BCUT2D eigenvalue weighted by Gasteiger charge is -2.17. The highest BCUT2D eigenvalue weighted by Gasteiger charge is 2.27. The number of para-hydroxylation sites is 2. The van der Waals surface area contributed by atoms with Crippen molar-refractivity contribution in [2.24, 2.45) is 0 Å². The molecule has 0 atom stereocenters. The van der Waals surface area contributed by atoms with Crippen molar-refractivity contribution in [2.75, 3.05) is 116 Å². The van der Waals surface area contributed by atoms with Gasteiger partial charge in [0.25, 0.3) is 0 Å². The number of anilines is 2. The third-order valence-corrected chi connectivity index (χ3v) is 17.2. The van der Waals surface area contributed by atoms with Gasteiger partial charge in [-0.05, 0) is 158 Å². The molecule has 0 radical (unpaired) electrons. The van der Waals surface area contributed by atoms with Crippen LogP contribution in [-0.4, -0.2) is 126 Å². The van der Waals surface area contributed by atoms with Crippen LogP contribution in [0.2, 0.25) is 0 Å². The molecule has 10 heterocycles. The number of ether oxygens (including phenoxy) is 10. The van der Waals surface area contributed by atoms with Gasteiger partial charge in [0.05, 0.1) is 113 Å². The molecule has 0 saturated heterocycles. The Morgan fingerprint density at radius 3 is 1.02 bits per heavy atom. The van der Waals surface area contributed by atoms with E-state index >= 15 is 0 Å². The van der Waals surface area contributed by atoms with E-state index in [0.717, 1.165) is 126 Å². The molecule has 3 aromatic heterocycles. The van der Waals surface area contributed by atoms with Crippen molar-refractivity contribution in [2.45, 2.75) is 94.2 Å². The minimum Gasteiger partial charge on any atom is -0.491 e. The predicted molar refractivity (Wildman–Crippen MR) is 360 cm³/mol. The van der Waals surface area contributed by atoms with Crippen molar-refractivity contribution < 1.29 is 47.4 Å². The molecule has 16 nitrogen and oxygen atoms in total. The summed E-state index contributed by atoms with van der Waals surface area (Å²) in [6.45, 7) is 25.1. The largest absolute Gasteiger partial charge is 0.491 e. The highest BCUT2D eigenvalue weighted by Crippen LogP contribution is 2.46. The number of H-pyrrole nitrogens is 2. The van der Waals surface area contributed by atoms with Crippen LogP contribution in [0.3, 0.4) is 0 Å². The fraction of sp³-hybridized carbons (Fsp3) is 0.405. The molecule has 0 amide bonds. The van der Waals surface area contributed by atoms with Gasteiger partial charge in [0, 0.05) is 69.9 Å². The van der Waals surface area contributed by atoms with Gasteiger partial charge in [-0.25, -0.2) is 9.97 Å². The number of nitrogens with zero attached hydrogens (tertiary/aromatic N) is 2. The van der Waals surface area contributed by atoms with Crippen LogP contribution in [0.25, 0.3) is 66.6 Å². The van der Waals surface area contributed by atoms with E-state index in [2.05, 4.69) is 161 Å². The Morgan fingerprint density at radius 2 is 0.700 bits per heavy atom. The average molecular weight is 1220 g/mol. The Hall–Kier alpha value is -7.96. The van der Waals surface area contributed by atoms with E-state index < -0.39 is 0 Å². The highest BCUT2D eigenvalue weighted by atomic mass is 16.6. The number of hydrogen-bond donors (Lipinski definition) is 4. The van der Waals surface area contributed by atoms with Crippen molar-refractivity contribution in [1.82, 2.24) is 19.9 Å². The maximum absolute atomic E-state index is 6.38. The van der Waals surface area contributed by atoms with Gasteiger partial charge < -0.3 is 68.0 Å². The highest BCUT2D eigenvalue weighted by molar-refractivity contribution is 6.05. The second-order valence-electron chi connectivity index (χ2n) is 22.9. The molecule has 0 saturated carbocycles. The van der Waals surface area contributed by atoms with E-state index in [-0.39, 0.29) is 0 Å². The first kappa shape index (κ1) is 63.6. The zero-order valence-corrected chi connectivity index (χ0v) is 53.8. The van der Waals surface area contributed by atoms with Crippen molar-refractivity contribution in [3.05, 3.63) is 153 Å². The van der Waals surface area contributed by atoms with Crippen LogP contribution in [0.5, 0.6) is 23.0 Å². The summed E-state index contributed by atoms with van der Waals surface area (Å²) in [5.74, 6) is 2.67. The van der Waals surface area contributed by atoms with Crippen molar-refractivity contribution in [1.29, 1.82) is 0 Å². The van der Waals surface area contributed by atoms with E-state index in [0.29, 0.717) is 142 Å². The minimum absolute atomic E-state index is 0.335. The lowest BCUT2D eigenvalue weighted by molar-refractivity contribution is 0.00433. The van der Waals surface area contributed by atoms with E-state index in [4.69, 9.17) is 57.3 Å². The first-order valence-electron chi connectivity index (χ1n) is 32.3. The van der Waals surface area contributed by atoms with Crippen LogP contribution in [0, 0.1) is 13.8 Å². The van der Waals surface area contributed by atoms with Gasteiger partial charge in [-0.3, -0.25) is 0 Å². The van der Waals surface area contributed by atoms with Gasteiger partial charge in [0.2, 0.25) is 0 Å². The number of benzene rings is 4. The predicted octanol–water partition coefficient (Wildman–Crippen LogP) is 14.9. The van der Waals surface area contributed by atoms with Gasteiger partial charge in [0.1, 0.15) is 49.4 Å². The van der Waals surface area contributed by atoms with Crippen LogP contribution in [0.15, 0.2) is 97.1 Å². The first-order valence-corrected chi connectivity index (χ1v) is 32.3. The standard InChI is InChI=1S/C74H88N6O10/c1-9-57-47(5)71-69-61-17-13-15-19-63(61)75-45-51-37-53-41-54(38-51)88-34-30-84-26-22-82-24-28-86-32-36-90-56-40-52(39-55(42-56)89-35-31-85-27-23-81-21-25-83-29-33-87-53)46-76-64-20-16-14-18-62(64)70(73-48(6)58(10-2)66(78-73)43-65(57)77-71)74-50(8)60(12-4)68(80-74)44-67-59(11-3)49(7)72(69)79-67/h13-20,37-44,75-77,80H,9-12,21-36,45-46H2,1-8H3. The number of hydrogen-bond acceptors (Lipinski definition) is 14. The van der Waals surface area contributed by atoms with E-state index in [9.17, 15) is 0 Å². The van der Waals surface area contributed by atoms with Crippen LogP contribution < -0.4 is 29.6 Å². The summed E-state index contributed by atoms with van der Waals surface area (Å²) in [7, 11) is 0. The molecule has 14 rings (SSSR count). The summed E-state index contributed by atoms with van der Waals surface area (Å²) in [6, 6.07) is 33.9. The van der Waals surface area contributed by atoms with Gasteiger partial charge in [0.15, 0.2) is 0 Å². The number of aromatic amines is 2. The summed E-state index contributed by atoms with van der Waals surface area (Å²) >= 11 is 0. The molecule has 4 aromatic carbocycles. The molecular weight excluding hydrogens is 1130 g/mol. The molecule has 0 spiro atoms. The van der Waals surface area contributed by atoms with Crippen molar-refractivity contribution >= 4 is 55.7 Å². The maximum atomic E-state index is 6.38. The van der Waals surface area contributed by atoms with E-state index in [1.54, 1.807) is 0 Å². The molecular formula is C74H88N6O10. The molecule has 7 aromatic rings. The van der Waals surface area contributed by atoms with Gasteiger partial charge in [-0.1, -0.05) is 64.1 Å². The van der Waals surface area contributed by atoms with Gasteiger partial charge in [-0.2, -0.15) is 0 Å². The Labute approximate surface area is 529 Å². The van der Waals surface area contributed by atoms with Crippen LogP contribution >= 0.6 is 0 Å². The number of aryl methyl sites for hydroxylation is 4. The lowest BCUT2D eigenvalue weighted by atomic mass is 9.94. The second kappa shape index (κ2) is 30.7. The Morgan fingerprint density at radius 1 is 0.378 bits per heavy atom. The lowest BCUT2D eigenvalue weighted by Crippen LogP contribution is -2.15. The zero-order chi connectivity index (χ0) is 62.3. The Kier molecular flexibility index (Phi) is 21.7.